The lowest BCUT2D eigenvalue weighted by atomic mass is 9.84. The van der Waals surface area contributed by atoms with Gasteiger partial charge in [0.2, 0.25) is 15.9 Å². The van der Waals surface area contributed by atoms with Gasteiger partial charge in [-0.15, -0.1) is 5.10 Å². The van der Waals surface area contributed by atoms with Crippen LogP contribution in [-0.2, 0) is 14.8 Å². The molecule has 1 amide bonds. The Hall–Kier alpha value is -2.14. The molecule has 35 heavy (non-hydrogen) atoms. The van der Waals surface area contributed by atoms with Crippen LogP contribution in [0.1, 0.15) is 37.3 Å². The van der Waals surface area contributed by atoms with Crippen LogP contribution in [0.4, 0.5) is 5.69 Å². The van der Waals surface area contributed by atoms with E-state index in [1.807, 2.05) is 24.4 Å². The normalized spacial score (nSPS) is 18.3. The zero-order valence-corrected chi connectivity index (χ0v) is 22.8. The Morgan fingerprint density at radius 2 is 1.91 bits per heavy atom. The molecule has 1 aliphatic carbocycles. The van der Waals surface area contributed by atoms with Gasteiger partial charge in [-0.3, -0.25) is 9.10 Å². The molecule has 1 N–H and O–H groups in total. The van der Waals surface area contributed by atoms with Gasteiger partial charge < -0.3 is 5.32 Å². The smallest absolute Gasteiger partial charge is 0.240 e. The summed E-state index contributed by atoms with van der Waals surface area (Å²) in [5, 5.41) is 12.6. The second kappa shape index (κ2) is 10.9. The van der Waals surface area contributed by atoms with Crippen molar-refractivity contribution < 1.29 is 13.2 Å². The highest BCUT2D eigenvalue weighted by molar-refractivity contribution is 9.10. The molecule has 1 heterocycles. The standard InChI is InChI=1S/C23H24BrCl2N5O3S/c1-35(33,34)31(19-4-2-3-16(25)11-19)14-23(32)27-17-7-5-15(6-8-17)22-13-30(29-28-22)18-9-10-20(24)21(26)12-18/h2-4,9-13,15,17H,5-8,14H2,1H3,(H,27,32). The lowest BCUT2D eigenvalue weighted by Gasteiger charge is -2.29. The van der Waals surface area contributed by atoms with Crippen molar-refractivity contribution in [3.8, 4) is 5.69 Å². The van der Waals surface area contributed by atoms with Gasteiger partial charge in [-0.25, -0.2) is 13.1 Å². The molecule has 0 bridgehead atoms. The number of carbonyl (C=O) groups is 1. The molecule has 3 aromatic rings. The Kier molecular flexibility index (Phi) is 8.05. The number of sulfonamides is 1. The van der Waals surface area contributed by atoms with Crippen LogP contribution in [-0.4, -0.2) is 48.2 Å². The molecule has 0 spiro atoms. The van der Waals surface area contributed by atoms with Gasteiger partial charge in [0, 0.05) is 21.5 Å². The minimum atomic E-state index is -3.66. The average molecular weight is 601 g/mol. The number of halogens is 3. The zero-order valence-electron chi connectivity index (χ0n) is 18.9. The second-order valence-electron chi connectivity index (χ2n) is 8.55. The van der Waals surface area contributed by atoms with Gasteiger partial charge in [0.15, 0.2) is 0 Å². The van der Waals surface area contributed by atoms with Crippen LogP contribution in [0.5, 0.6) is 0 Å². The Morgan fingerprint density at radius 1 is 1.17 bits per heavy atom. The second-order valence-corrected chi connectivity index (χ2v) is 12.2. The average Bonchev–Trinajstić information content (AvgIpc) is 3.29. The van der Waals surface area contributed by atoms with E-state index in [0.717, 1.165) is 52.1 Å². The first-order valence-electron chi connectivity index (χ1n) is 11.0. The molecule has 186 valence electrons. The summed E-state index contributed by atoms with van der Waals surface area (Å²) >= 11 is 15.6. The molecule has 0 aliphatic heterocycles. The van der Waals surface area contributed by atoms with Crippen LogP contribution >= 0.6 is 39.1 Å². The van der Waals surface area contributed by atoms with E-state index in [1.54, 1.807) is 22.9 Å². The van der Waals surface area contributed by atoms with E-state index in [9.17, 15) is 13.2 Å². The Bertz CT molecular complexity index is 1330. The summed E-state index contributed by atoms with van der Waals surface area (Å²) in [5.74, 6) is -0.112. The molecule has 0 radical (unpaired) electrons. The number of amides is 1. The number of nitrogens with one attached hydrogen (secondary N) is 1. The molecular formula is C23H24BrCl2N5O3S. The summed E-state index contributed by atoms with van der Waals surface area (Å²) in [6.07, 6.45) is 6.20. The van der Waals surface area contributed by atoms with E-state index in [0.29, 0.717) is 15.7 Å². The molecule has 8 nitrogen and oxygen atoms in total. The molecule has 4 rings (SSSR count). The minimum Gasteiger partial charge on any atom is -0.352 e. The van der Waals surface area contributed by atoms with E-state index < -0.39 is 10.0 Å². The van der Waals surface area contributed by atoms with Crippen LogP contribution in [0.2, 0.25) is 10.0 Å². The van der Waals surface area contributed by atoms with Crippen molar-refractivity contribution >= 4 is 60.7 Å². The van der Waals surface area contributed by atoms with Crippen molar-refractivity contribution in [3.63, 3.8) is 0 Å². The Balaban J connectivity index is 1.34. The fourth-order valence-corrected chi connectivity index (χ4v) is 5.64. The van der Waals surface area contributed by atoms with Gasteiger partial charge in [0.1, 0.15) is 6.54 Å². The van der Waals surface area contributed by atoms with Crippen LogP contribution < -0.4 is 9.62 Å². The third-order valence-electron chi connectivity index (χ3n) is 5.97. The number of anilines is 1. The van der Waals surface area contributed by atoms with E-state index in [4.69, 9.17) is 23.2 Å². The predicted molar refractivity (Wildman–Crippen MR) is 141 cm³/mol. The quantitative estimate of drug-likeness (QED) is 0.414. The maximum absolute atomic E-state index is 12.7. The molecule has 12 heteroatoms. The van der Waals surface area contributed by atoms with Gasteiger partial charge >= 0.3 is 0 Å². The largest absolute Gasteiger partial charge is 0.352 e. The van der Waals surface area contributed by atoms with Gasteiger partial charge in [0.05, 0.1) is 34.5 Å². The highest BCUT2D eigenvalue weighted by atomic mass is 79.9. The van der Waals surface area contributed by atoms with E-state index in [-0.39, 0.29) is 24.4 Å². The van der Waals surface area contributed by atoms with Gasteiger partial charge in [-0.2, -0.15) is 0 Å². The third-order valence-corrected chi connectivity index (χ3v) is 8.58. The van der Waals surface area contributed by atoms with Crippen molar-refractivity contribution in [1.29, 1.82) is 0 Å². The van der Waals surface area contributed by atoms with Crippen molar-refractivity contribution in [2.24, 2.45) is 0 Å². The fourth-order valence-electron chi connectivity index (χ4n) is 4.19. The summed E-state index contributed by atoms with van der Waals surface area (Å²) in [6.45, 7) is -0.302. The van der Waals surface area contributed by atoms with Crippen LogP contribution in [0, 0.1) is 0 Å². The number of hydrogen-bond acceptors (Lipinski definition) is 5. The number of nitrogens with zero attached hydrogens (tertiary/aromatic N) is 4. The van der Waals surface area contributed by atoms with Gasteiger partial charge in [-0.05, 0) is 78.0 Å². The molecule has 1 fully saturated rings. The maximum Gasteiger partial charge on any atom is 0.240 e. The first-order chi connectivity index (χ1) is 16.6. The molecule has 0 atom stereocenters. The van der Waals surface area contributed by atoms with E-state index >= 15 is 0 Å². The molecule has 0 unspecified atom stereocenters. The SMILES string of the molecule is CS(=O)(=O)N(CC(=O)NC1CCC(c2cn(-c3ccc(Br)c(Cl)c3)nn2)CC1)c1cccc(Cl)c1. The van der Waals surface area contributed by atoms with Gasteiger partial charge in [-0.1, -0.05) is 34.5 Å². The number of aromatic nitrogens is 3. The van der Waals surface area contributed by atoms with E-state index in [1.165, 1.54) is 6.07 Å². The summed E-state index contributed by atoms with van der Waals surface area (Å²) < 4.78 is 28.2. The monoisotopic (exact) mass is 599 g/mol. The van der Waals surface area contributed by atoms with Crippen molar-refractivity contribution in [2.75, 3.05) is 17.1 Å². The first-order valence-corrected chi connectivity index (χ1v) is 14.4. The number of carbonyl (C=O) groups excluding carboxylic acids is 1. The molecule has 1 aliphatic rings. The van der Waals surface area contributed by atoms with Crippen LogP contribution in [0.15, 0.2) is 53.1 Å². The number of hydrogen-bond donors (Lipinski definition) is 1. The lowest BCUT2D eigenvalue weighted by Crippen LogP contribution is -2.45. The first kappa shape index (κ1) is 25.9. The van der Waals surface area contributed by atoms with Crippen LogP contribution in [0.25, 0.3) is 5.69 Å². The van der Waals surface area contributed by atoms with Crippen molar-refractivity contribution in [2.45, 2.75) is 37.6 Å². The summed E-state index contributed by atoms with van der Waals surface area (Å²) in [5.41, 5.74) is 2.08. The predicted octanol–water partition coefficient (Wildman–Crippen LogP) is 4.95. The van der Waals surface area contributed by atoms with Gasteiger partial charge in [0.25, 0.3) is 0 Å². The van der Waals surface area contributed by atoms with Crippen molar-refractivity contribution in [1.82, 2.24) is 20.3 Å². The summed E-state index contributed by atoms with van der Waals surface area (Å²) in [6, 6.07) is 12.0. The lowest BCUT2D eigenvalue weighted by molar-refractivity contribution is -0.120. The Labute approximate surface area is 222 Å². The maximum atomic E-state index is 12.7. The topological polar surface area (TPSA) is 97.2 Å². The van der Waals surface area contributed by atoms with Crippen LogP contribution in [0.3, 0.4) is 0 Å². The fraction of sp³-hybridized carbons (Fsp3) is 0.348. The Morgan fingerprint density at radius 3 is 2.57 bits per heavy atom. The minimum absolute atomic E-state index is 0.0279. The molecule has 0 saturated heterocycles. The zero-order chi connectivity index (χ0) is 25.2. The molecule has 1 saturated carbocycles. The van der Waals surface area contributed by atoms with Crippen molar-refractivity contribution in [3.05, 3.63) is 68.9 Å². The number of rotatable bonds is 7. The summed E-state index contributed by atoms with van der Waals surface area (Å²) in [4.78, 5) is 12.7. The molecule has 1 aromatic heterocycles. The highest BCUT2D eigenvalue weighted by Crippen LogP contribution is 2.32. The highest BCUT2D eigenvalue weighted by Gasteiger charge is 2.27. The molecular weight excluding hydrogens is 577 g/mol. The third kappa shape index (κ3) is 6.55. The molecule has 2 aromatic carbocycles. The summed E-state index contributed by atoms with van der Waals surface area (Å²) in [7, 11) is -3.66. The van der Waals surface area contributed by atoms with E-state index in [2.05, 4.69) is 31.6 Å². The number of benzene rings is 2.